The van der Waals surface area contributed by atoms with E-state index >= 15 is 0 Å². The minimum absolute atomic E-state index is 0.322. The molecule has 0 aliphatic carbocycles. The van der Waals surface area contributed by atoms with Crippen LogP contribution < -0.4 is 0 Å². The van der Waals surface area contributed by atoms with Crippen LogP contribution in [-0.4, -0.2) is 32.2 Å². The van der Waals surface area contributed by atoms with Gasteiger partial charge in [-0.25, -0.2) is 14.3 Å². The van der Waals surface area contributed by atoms with Crippen LogP contribution in [0.5, 0.6) is 0 Å². The van der Waals surface area contributed by atoms with E-state index in [9.17, 15) is 4.79 Å². The fourth-order valence-electron chi connectivity index (χ4n) is 2.02. The summed E-state index contributed by atoms with van der Waals surface area (Å²) in [6, 6.07) is 9.62. The van der Waals surface area contributed by atoms with Crippen LogP contribution in [0.3, 0.4) is 0 Å². The summed E-state index contributed by atoms with van der Waals surface area (Å²) in [5.74, 6) is 0.629. The number of hydrogen-bond donors (Lipinski definition) is 0. The highest BCUT2D eigenvalue weighted by atomic mass is 16.5. The number of carbonyl (C=O) groups is 1. The number of benzene rings is 1. The Morgan fingerprint density at radius 1 is 1.24 bits per heavy atom. The molecule has 0 bridgehead atoms. The van der Waals surface area contributed by atoms with E-state index in [1.165, 1.54) is 4.52 Å². The monoisotopic (exact) mass is 282 g/mol. The maximum Gasteiger partial charge on any atom is 0.341 e. The van der Waals surface area contributed by atoms with E-state index in [1.54, 1.807) is 20.0 Å². The molecule has 2 aromatic heterocycles. The summed E-state index contributed by atoms with van der Waals surface area (Å²) in [5.41, 5.74) is 1.88. The average molecular weight is 282 g/mol. The smallest absolute Gasteiger partial charge is 0.341 e. The Hall–Kier alpha value is -2.76. The number of hydrogen-bond acceptors (Lipinski definition) is 5. The maximum atomic E-state index is 11.9. The molecule has 0 fully saturated rings. The molecule has 0 radical (unpaired) electrons. The van der Waals surface area contributed by atoms with Gasteiger partial charge in [-0.2, -0.15) is 4.98 Å². The van der Waals surface area contributed by atoms with Gasteiger partial charge in [-0.15, -0.1) is 5.10 Å². The normalized spacial score (nSPS) is 10.8. The van der Waals surface area contributed by atoms with Gasteiger partial charge in [0.15, 0.2) is 5.82 Å². The molecule has 6 heteroatoms. The fraction of sp³-hybridized carbons (Fsp3) is 0.200. The topological polar surface area (TPSA) is 69.4 Å². The first-order valence-corrected chi connectivity index (χ1v) is 6.65. The van der Waals surface area contributed by atoms with E-state index in [-0.39, 0.29) is 0 Å². The highest BCUT2D eigenvalue weighted by Crippen LogP contribution is 2.16. The molecule has 0 aliphatic heterocycles. The second kappa shape index (κ2) is 5.32. The lowest BCUT2D eigenvalue weighted by Gasteiger charge is -2.04. The van der Waals surface area contributed by atoms with Crippen LogP contribution in [0, 0.1) is 6.92 Å². The number of aryl methyl sites for hydroxylation is 1. The van der Waals surface area contributed by atoms with Crippen LogP contribution in [0.25, 0.3) is 17.2 Å². The maximum absolute atomic E-state index is 11.9. The van der Waals surface area contributed by atoms with E-state index in [4.69, 9.17) is 4.74 Å². The molecule has 0 unspecified atom stereocenters. The van der Waals surface area contributed by atoms with Crippen molar-refractivity contribution in [3.05, 3.63) is 47.8 Å². The summed E-state index contributed by atoms with van der Waals surface area (Å²) in [6.45, 7) is 3.84. The van der Waals surface area contributed by atoms with E-state index in [1.807, 2.05) is 30.3 Å². The average Bonchev–Trinajstić information content (AvgIpc) is 2.90. The highest BCUT2D eigenvalue weighted by Gasteiger charge is 2.15. The molecule has 1 aromatic carbocycles. The van der Waals surface area contributed by atoms with Gasteiger partial charge in [0.1, 0.15) is 0 Å². The lowest BCUT2D eigenvalue weighted by Crippen LogP contribution is -2.10. The number of ether oxygens (including phenoxy) is 1. The van der Waals surface area contributed by atoms with Crippen molar-refractivity contribution in [1.82, 2.24) is 19.6 Å². The largest absolute Gasteiger partial charge is 0.462 e. The molecule has 106 valence electrons. The van der Waals surface area contributed by atoms with Gasteiger partial charge < -0.3 is 4.74 Å². The Labute approximate surface area is 121 Å². The number of esters is 1. The third kappa shape index (κ3) is 2.47. The molecule has 0 N–H and O–H groups in total. The number of carbonyl (C=O) groups excluding carboxylic acids is 1. The zero-order valence-corrected chi connectivity index (χ0v) is 11.8. The van der Waals surface area contributed by atoms with E-state index < -0.39 is 5.97 Å². The van der Waals surface area contributed by atoms with Gasteiger partial charge in [-0.05, 0) is 13.8 Å². The number of nitrogens with zero attached hydrogens (tertiary/aromatic N) is 4. The molecular weight excluding hydrogens is 268 g/mol. The molecular formula is C15H14N4O2. The number of rotatable bonds is 3. The first-order chi connectivity index (χ1) is 10.2. The quantitative estimate of drug-likeness (QED) is 0.689. The number of aromatic nitrogens is 4. The van der Waals surface area contributed by atoms with Crippen molar-refractivity contribution >= 4 is 11.7 Å². The van der Waals surface area contributed by atoms with Crippen molar-refractivity contribution in [3.63, 3.8) is 0 Å². The van der Waals surface area contributed by atoms with Gasteiger partial charge in [-0.3, -0.25) is 0 Å². The molecule has 0 amide bonds. The van der Waals surface area contributed by atoms with E-state index in [0.29, 0.717) is 29.5 Å². The highest BCUT2D eigenvalue weighted by molar-refractivity contribution is 5.90. The molecule has 21 heavy (non-hydrogen) atoms. The first-order valence-electron chi connectivity index (χ1n) is 6.65. The summed E-state index contributed by atoms with van der Waals surface area (Å²) in [6.07, 6.45) is 1.61. The summed E-state index contributed by atoms with van der Waals surface area (Å²) >= 11 is 0. The Balaban J connectivity index is 2.08. The van der Waals surface area contributed by atoms with Gasteiger partial charge in [-0.1, -0.05) is 30.3 Å². The van der Waals surface area contributed by atoms with Gasteiger partial charge >= 0.3 is 5.97 Å². The van der Waals surface area contributed by atoms with Crippen LogP contribution in [0.1, 0.15) is 23.0 Å². The molecule has 3 aromatic rings. The third-order valence-corrected chi connectivity index (χ3v) is 3.05. The predicted octanol–water partition coefficient (Wildman–Crippen LogP) is 2.28. The SMILES string of the molecule is CCOC(=O)c1cn2nc(-c3ccccc3)nc2nc1C. The van der Waals surface area contributed by atoms with E-state index in [0.717, 1.165) is 5.56 Å². The molecule has 0 saturated heterocycles. The van der Waals surface area contributed by atoms with Crippen LogP contribution in [0.4, 0.5) is 0 Å². The van der Waals surface area contributed by atoms with Crippen molar-refractivity contribution < 1.29 is 9.53 Å². The van der Waals surface area contributed by atoms with Crippen molar-refractivity contribution in [2.75, 3.05) is 6.61 Å². The molecule has 0 aliphatic rings. The Kier molecular flexibility index (Phi) is 3.35. The molecule has 6 nitrogen and oxygen atoms in total. The lowest BCUT2D eigenvalue weighted by molar-refractivity contribution is 0.0524. The fourth-order valence-corrected chi connectivity index (χ4v) is 2.02. The molecule has 0 spiro atoms. The van der Waals surface area contributed by atoms with Crippen LogP contribution in [0.2, 0.25) is 0 Å². The zero-order valence-electron chi connectivity index (χ0n) is 11.8. The van der Waals surface area contributed by atoms with Gasteiger partial charge in [0, 0.05) is 11.8 Å². The second-order valence-corrected chi connectivity index (χ2v) is 4.51. The summed E-state index contributed by atoms with van der Waals surface area (Å²) in [5, 5.41) is 4.36. The minimum atomic E-state index is -0.402. The van der Waals surface area contributed by atoms with Crippen molar-refractivity contribution in [3.8, 4) is 11.4 Å². The van der Waals surface area contributed by atoms with Gasteiger partial charge in [0.05, 0.1) is 17.9 Å². The Morgan fingerprint density at radius 2 is 2.00 bits per heavy atom. The number of fused-ring (bicyclic) bond motifs is 1. The van der Waals surface area contributed by atoms with Crippen molar-refractivity contribution in [1.29, 1.82) is 0 Å². The first kappa shape index (κ1) is 13.2. The summed E-state index contributed by atoms with van der Waals surface area (Å²) in [4.78, 5) is 20.6. The van der Waals surface area contributed by atoms with Crippen LogP contribution in [-0.2, 0) is 4.74 Å². The summed E-state index contributed by atoms with van der Waals surface area (Å²) in [7, 11) is 0. The molecule has 0 atom stereocenters. The summed E-state index contributed by atoms with van der Waals surface area (Å²) < 4.78 is 6.51. The van der Waals surface area contributed by atoms with Gasteiger partial charge in [0.25, 0.3) is 5.78 Å². The Bertz CT molecular complexity index is 796. The zero-order chi connectivity index (χ0) is 14.8. The van der Waals surface area contributed by atoms with Gasteiger partial charge in [0.2, 0.25) is 0 Å². The van der Waals surface area contributed by atoms with Crippen LogP contribution in [0.15, 0.2) is 36.5 Å². The van der Waals surface area contributed by atoms with Crippen molar-refractivity contribution in [2.45, 2.75) is 13.8 Å². The van der Waals surface area contributed by atoms with Crippen LogP contribution >= 0.6 is 0 Å². The molecule has 3 rings (SSSR count). The molecule has 0 saturated carbocycles. The minimum Gasteiger partial charge on any atom is -0.462 e. The predicted molar refractivity (Wildman–Crippen MR) is 76.9 cm³/mol. The third-order valence-electron chi connectivity index (χ3n) is 3.05. The van der Waals surface area contributed by atoms with E-state index in [2.05, 4.69) is 15.1 Å². The molecule has 2 heterocycles. The Morgan fingerprint density at radius 3 is 2.71 bits per heavy atom. The second-order valence-electron chi connectivity index (χ2n) is 4.51. The standard InChI is InChI=1S/C15H14N4O2/c1-3-21-14(20)12-9-19-15(16-10(12)2)17-13(18-19)11-7-5-4-6-8-11/h4-9H,3H2,1-2H3. The lowest BCUT2D eigenvalue weighted by atomic mass is 10.2. The van der Waals surface area contributed by atoms with Crippen molar-refractivity contribution in [2.24, 2.45) is 0 Å².